The smallest absolute Gasteiger partial charge is 0.340 e. The molecule has 3 N–H and O–H groups in total. The van der Waals surface area contributed by atoms with E-state index in [4.69, 9.17) is 9.84 Å². The van der Waals surface area contributed by atoms with Crippen molar-refractivity contribution in [1.29, 1.82) is 0 Å². The monoisotopic (exact) mass is 410 g/mol. The summed E-state index contributed by atoms with van der Waals surface area (Å²) in [6.45, 7) is -0.137. The number of hydrogen-bond donors (Lipinski definition) is 3. The van der Waals surface area contributed by atoms with Crippen LogP contribution in [0.3, 0.4) is 0 Å². The van der Waals surface area contributed by atoms with Gasteiger partial charge >= 0.3 is 5.97 Å². The molecule has 3 aromatic rings. The lowest BCUT2D eigenvalue weighted by molar-refractivity contribution is -0.124. The van der Waals surface area contributed by atoms with Gasteiger partial charge in [0.15, 0.2) is 6.61 Å². The number of nitrogens with one attached hydrogen (secondary N) is 2. The summed E-state index contributed by atoms with van der Waals surface area (Å²) in [5.74, 6) is -0.991. The molecule has 0 aliphatic heterocycles. The van der Waals surface area contributed by atoms with E-state index in [9.17, 15) is 9.59 Å². The van der Waals surface area contributed by atoms with Crippen LogP contribution in [0.4, 0.5) is 5.69 Å². The molecule has 0 bridgehead atoms. The molecule has 3 rings (SSSR count). The minimum atomic E-state index is -0.603. The number of ether oxygens (including phenoxy) is 1. The Morgan fingerprint density at radius 3 is 2.48 bits per heavy atom. The molecule has 1 atom stereocenters. The Kier molecular flexibility index (Phi) is 7.38. The van der Waals surface area contributed by atoms with Crippen molar-refractivity contribution in [3.8, 4) is 0 Å². The van der Waals surface area contributed by atoms with E-state index >= 15 is 0 Å². The first-order valence-electron chi connectivity index (χ1n) is 9.17. The summed E-state index contributed by atoms with van der Waals surface area (Å²) < 4.78 is 5.21. The van der Waals surface area contributed by atoms with Crippen LogP contribution in [0.1, 0.15) is 26.8 Å². The molecule has 0 unspecified atom stereocenters. The second-order valence-corrected chi connectivity index (χ2v) is 7.18. The van der Waals surface area contributed by atoms with Crippen LogP contribution < -0.4 is 10.6 Å². The van der Waals surface area contributed by atoms with Gasteiger partial charge in [-0.2, -0.15) is 0 Å². The quantitative estimate of drug-likeness (QED) is 0.472. The summed E-state index contributed by atoms with van der Waals surface area (Å²) in [6, 6.07) is 20.0. The largest absolute Gasteiger partial charge is 0.452 e. The standard InChI is InChI=1S/C22H22N2O4S/c25-13-12-23-18-10-5-4-9-17(18)22(27)28-15-20(26)24-21(19-11-6-14-29-19)16-7-2-1-3-8-16/h1-11,14,21,23,25H,12-13,15H2,(H,24,26)/t21-/m0/s1. The van der Waals surface area contributed by atoms with E-state index in [0.29, 0.717) is 17.8 Å². The highest BCUT2D eigenvalue weighted by atomic mass is 32.1. The number of amides is 1. The number of aliphatic hydroxyl groups is 1. The van der Waals surface area contributed by atoms with Crippen LogP contribution in [-0.2, 0) is 9.53 Å². The molecule has 6 nitrogen and oxygen atoms in total. The summed E-state index contributed by atoms with van der Waals surface area (Å²) in [5.41, 5.74) is 1.81. The maximum atomic E-state index is 12.5. The maximum absolute atomic E-state index is 12.5. The molecule has 0 radical (unpaired) electrons. The van der Waals surface area contributed by atoms with E-state index in [0.717, 1.165) is 10.4 Å². The summed E-state index contributed by atoms with van der Waals surface area (Å²) in [6.07, 6.45) is 0. The molecule has 0 aliphatic carbocycles. The van der Waals surface area contributed by atoms with Crippen molar-refractivity contribution < 1.29 is 19.4 Å². The van der Waals surface area contributed by atoms with Gasteiger partial charge in [0.05, 0.1) is 18.2 Å². The molecule has 1 aromatic heterocycles. The third kappa shape index (κ3) is 5.66. The number of benzene rings is 2. The van der Waals surface area contributed by atoms with Crippen LogP contribution in [0.15, 0.2) is 72.1 Å². The SMILES string of the molecule is O=C(COC(=O)c1ccccc1NCCO)N[C@@H](c1ccccc1)c1cccs1. The van der Waals surface area contributed by atoms with Crippen LogP contribution in [-0.4, -0.2) is 36.7 Å². The molecule has 1 amide bonds. The van der Waals surface area contributed by atoms with E-state index in [2.05, 4.69) is 10.6 Å². The van der Waals surface area contributed by atoms with E-state index in [1.807, 2.05) is 47.8 Å². The van der Waals surface area contributed by atoms with Gasteiger partial charge in [-0.15, -0.1) is 11.3 Å². The third-order valence-corrected chi connectivity index (χ3v) is 5.11. The van der Waals surface area contributed by atoms with Gasteiger partial charge < -0.3 is 20.5 Å². The van der Waals surface area contributed by atoms with Crippen molar-refractivity contribution in [2.45, 2.75) is 6.04 Å². The maximum Gasteiger partial charge on any atom is 0.340 e. The van der Waals surface area contributed by atoms with E-state index in [1.165, 1.54) is 0 Å². The number of hydrogen-bond acceptors (Lipinski definition) is 6. The highest BCUT2D eigenvalue weighted by molar-refractivity contribution is 7.10. The Morgan fingerprint density at radius 2 is 1.76 bits per heavy atom. The fourth-order valence-electron chi connectivity index (χ4n) is 2.84. The normalized spacial score (nSPS) is 11.5. The molecule has 2 aromatic carbocycles. The fraction of sp³-hybridized carbons (Fsp3) is 0.182. The third-order valence-electron chi connectivity index (χ3n) is 4.17. The zero-order valence-electron chi connectivity index (χ0n) is 15.7. The van der Waals surface area contributed by atoms with Crippen LogP contribution in [0.2, 0.25) is 0 Å². The molecule has 0 aliphatic rings. The molecule has 0 saturated heterocycles. The lowest BCUT2D eigenvalue weighted by Crippen LogP contribution is -2.32. The lowest BCUT2D eigenvalue weighted by atomic mass is 10.1. The fourth-order valence-corrected chi connectivity index (χ4v) is 3.64. The minimum absolute atomic E-state index is 0.0601. The Morgan fingerprint density at radius 1 is 1.00 bits per heavy atom. The van der Waals surface area contributed by atoms with Gasteiger partial charge in [0.1, 0.15) is 0 Å². The molecule has 150 valence electrons. The predicted octanol–water partition coefficient (Wildman–Crippen LogP) is 3.21. The first-order valence-corrected chi connectivity index (χ1v) is 10.1. The minimum Gasteiger partial charge on any atom is -0.452 e. The topological polar surface area (TPSA) is 87.7 Å². The zero-order chi connectivity index (χ0) is 20.5. The second kappa shape index (κ2) is 10.4. The van der Waals surface area contributed by atoms with Crippen LogP contribution in [0.5, 0.6) is 0 Å². The van der Waals surface area contributed by atoms with Gasteiger partial charge in [0.25, 0.3) is 5.91 Å². The predicted molar refractivity (Wildman–Crippen MR) is 113 cm³/mol. The van der Waals surface area contributed by atoms with Gasteiger partial charge in [-0.1, -0.05) is 48.5 Å². The van der Waals surface area contributed by atoms with Crippen molar-refractivity contribution >= 4 is 28.9 Å². The molecular weight excluding hydrogens is 388 g/mol. The van der Waals surface area contributed by atoms with Gasteiger partial charge in [-0.25, -0.2) is 4.79 Å². The number of esters is 1. The molecule has 7 heteroatoms. The number of aliphatic hydroxyl groups excluding tert-OH is 1. The highest BCUT2D eigenvalue weighted by Crippen LogP contribution is 2.25. The van der Waals surface area contributed by atoms with Crippen molar-refractivity contribution in [2.24, 2.45) is 0 Å². The van der Waals surface area contributed by atoms with Crippen molar-refractivity contribution in [3.63, 3.8) is 0 Å². The Balaban J connectivity index is 1.64. The summed E-state index contributed by atoms with van der Waals surface area (Å²) >= 11 is 1.55. The Hall–Kier alpha value is -3.16. The Labute approximate surface area is 173 Å². The van der Waals surface area contributed by atoms with Crippen LogP contribution >= 0.6 is 11.3 Å². The second-order valence-electron chi connectivity index (χ2n) is 6.20. The van der Waals surface area contributed by atoms with E-state index in [-0.39, 0.29) is 25.2 Å². The number of thiophene rings is 1. The van der Waals surface area contributed by atoms with Crippen molar-refractivity contribution in [1.82, 2.24) is 5.32 Å². The summed E-state index contributed by atoms with van der Waals surface area (Å²) in [5, 5.41) is 16.8. The summed E-state index contributed by atoms with van der Waals surface area (Å²) in [7, 11) is 0. The van der Waals surface area contributed by atoms with Crippen LogP contribution in [0.25, 0.3) is 0 Å². The van der Waals surface area contributed by atoms with Gasteiger partial charge in [0, 0.05) is 17.1 Å². The molecule has 0 fully saturated rings. The van der Waals surface area contributed by atoms with Crippen LogP contribution in [0, 0.1) is 0 Å². The van der Waals surface area contributed by atoms with Gasteiger partial charge in [-0.3, -0.25) is 4.79 Å². The average molecular weight is 410 g/mol. The lowest BCUT2D eigenvalue weighted by Gasteiger charge is -2.18. The van der Waals surface area contributed by atoms with Gasteiger partial charge in [0.2, 0.25) is 0 Å². The molecule has 1 heterocycles. The van der Waals surface area contributed by atoms with E-state index < -0.39 is 5.97 Å². The first kappa shape index (κ1) is 20.6. The Bertz CT molecular complexity index is 929. The number of carbonyl (C=O) groups excluding carboxylic acids is 2. The van der Waals surface area contributed by atoms with Crippen molar-refractivity contribution in [2.75, 3.05) is 25.1 Å². The van der Waals surface area contributed by atoms with Gasteiger partial charge in [-0.05, 0) is 29.1 Å². The average Bonchev–Trinajstić information content (AvgIpc) is 3.29. The van der Waals surface area contributed by atoms with E-state index in [1.54, 1.807) is 35.6 Å². The number of rotatable bonds is 9. The zero-order valence-corrected chi connectivity index (χ0v) is 16.5. The first-order chi connectivity index (χ1) is 14.2. The molecule has 29 heavy (non-hydrogen) atoms. The number of anilines is 1. The molecular formula is C22H22N2O4S. The molecule has 0 spiro atoms. The molecule has 0 saturated carbocycles. The number of carbonyl (C=O) groups is 2. The summed E-state index contributed by atoms with van der Waals surface area (Å²) in [4.78, 5) is 25.9. The number of para-hydroxylation sites is 1. The van der Waals surface area contributed by atoms with Crippen molar-refractivity contribution in [3.05, 3.63) is 88.1 Å². The highest BCUT2D eigenvalue weighted by Gasteiger charge is 2.19.